The van der Waals surface area contributed by atoms with Crippen molar-refractivity contribution in [3.8, 4) is 0 Å². The number of halogens is 1. The predicted octanol–water partition coefficient (Wildman–Crippen LogP) is 2.33. The van der Waals surface area contributed by atoms with Gasteiger partial charge in [0, 0.05) is 18.0 Å². The van der Waals surface area contributed by atoms with Crippen LogP contribution in [0.25, 0.3) is 0 Å². The van der Waals surface area contributed by atoms with Crippen molar-refractivity contribution in [1.29, 1.82) is 0 Å². The third-order valence-corrected chi connectivity index (χ3v) is 4.35. The van der Waals surface area contributed by atoms with E-state index in [-0.39, 0.29) is 36.4 Å². The minimum Gasteiger partial charge on any atom is -0.393 e. The van der Waals surface area contributed by atoms with E-state index in [1.807, 2.05) is 12.1 Å². The minimum absolute atomic E-state index is 0.0971. The van der Waals surface area contributed by atoms with Crippen LogP contribution >= 0.6 is 11.6 Å². The van der Waals surface area contributed by atoms with Gasteiger partial charge >= 0.3 is 0 Å². The van der Waals surface area contributed by atoms with Crippen molar-refractivity contribution in [2.24, 2.45) is 0 Å². The van der Waals surface area contributed by atoms with Crippen LogP contribution in [0.2, 0.25) is 5.02 Å². The molecule has 23 heavy (non-hydrogen) atoms. The van der Waals surface area contributed by atoms with Gasteiger partial charge in [-0.25, -0.2) is 0 Å². The van der Waals surface area contributed by atoms with E-state index >= 15 is 0 Å². The first kappa shape index (κ1) is 17.8. The molecule has 0 heterocycles. The summed E-state index contributed by atoms with van der Waals surface area (Å²) >= 11 is 5.88. The summed E-state index contributed by atoms with van der Waals surface area (Å²) in [4.78, 5) is 23.7. The Labute approximate surface area is 141 Å². The first-order chi connectivity index (χ1) is 10.9. The molecule has 1 aliphatic carbocycles. The molecule has 1 unspecified atom stereocenters. The number of hydrogen-bond donors (Lipinski definition) is 3. The molecule has 0 bridgehead atoms. The van der Waals surface area contributed by atoms with Gasteiger partial charge in [0.15, 0.2) is 0 Å². The van der Waals surface area contributed by atoms with Crippen molar-refractivity contribution in [3.63, 3.8) is 0 Å². The fourth-order valence-corrected chi connectivity index (χ4v) is 3.01. The molecule has 1 fully saturated rings. The number of amides is 2. The number of hydrogen-bond acceptors (Lipinski definition) is 3. The minimum atomic E-state index is -0.376. The van der Waals surface area contributed by atoms with E-state index < -0.39 is 0 Å². The maximum absolute atomic E-state index is 12.3. The Morgan fingerprint density at radius 1 is 1.22 bits per heavy atom. The zero-order valence-corrected chi connectivity index (χ0v) is 14.0. The summed E-state index contributed by atoms with van der Waals surface area (Å²) in [5, 5.41) is 15.9. The molecule has 0 spiro atoms. The smallest absolute Gasteiger partial charge is 0.222 e. The van der Waals surface area contributed by atoms with Crippen molar-refractivity contribution in [2.45, 2.75) is 57.2 Å². The average molecular weight is 339 g/mol. The van der Waals surface area contributed by atoms with Crippen LogP contribution in [0.15, 0.2) is 24.3 Å². The van der Waals surface area contributed by atoms with Crippen LogP contribution in [0.3, 0.4) is 0 Å². The summed E-state index contributed by atoms with van der Waals surface area (Å²) in [6, 6.07) is 6.84. The zero-order valence-electron chi connectivity index (χ0n) is 13.2. The van der Waals surface area contributed by atoms with Crippen molar-refractivity contribution in [1.82, 2.24) is 10.6 Å². The van der Waals surface area contributed by atoms with E-state index in [1.54, 1.807) is 12.1 Å². The van der Waals surface area contributed by atoms with Crippen molar-refractivity contribution in [3.05, 3.63) is 34.9 Å². The zero-order chi connectivity index (χ0) is 16.8. The first-order valence-electron chi connectivity index (χ1n) is 7.94. The van der Waals surface area contributed by atoms with Crippen molar-refractivity contribution in [2.75, 3.05) is 0 Å². The Kier molecular flexibility index (Phi) is 6.42. The molecule has 5 nitrogen and oxygen atoms in total. The lowest BCUT2D eigenvalue weighted by Gasteiger charge is -2.27. The highest BCUT2D eigenvalue weighted by molar-refractivity contribution is 6.30. The highest BCUT2D eigenvalue weighted by Gasteiger charge is 2.23. The molecule has 1 aliphatic rings. The molecule has 2 amide bonds. The van der Waals surface area contributed by atoms with Gasteiger partial charge < -0.3 is 15.7 Å². The molecule has 1 aromatic carbocycles. The molecule has 2 rings (SSSR count). The van der Waals surface area contributed by atoms with E-state index in [0.717, 1.165) is 31.2 Å². The van der Waals surface area contributed by atoms with E-state index in [2.05, 4.69) is 10.6 Å². The molecule has 3 N–H and O–H groups in total. The summed E-state index contributed by atoms with van der Waals surface area (Å²) in [6.07, 6.45) is 2.95. The number of aliphatic hydroxyl groups excluding tert-OH is 1. The second-order valence-electron chi connectivity index (χ2n) is 6.08. The number of benzene rings is 1. The molecule has 0 saturated heterocycles. The Bertz CT molecular complexity index is 539. The molecular formula is C17H23ClN2O3. The SMILES string of the molecule is CC(=O)NC(CC(=O)NC1CCC(O)CC1)c1ccc(Cl)cc1. The van der Waals surface area contributed by atoms with Crippen LogP contribution in [0.1, 0.15) is 50.6 Å². The van der Waals surface area contributed by atoms with Gasteiger partial charge in [0.05, 0.1) is 18.6 Å². The lowest BCUT2D eigenvalue weighted by molar-refractivity contribution is -0.123. The van der Waals surface area contributed by atoms with Gasteiger partial charge in [-0.15, -0.1) is 0 Å². The van der Waals surface area contributed by atoms with Crippen molar-refractivity contribution >= 4 is 23.4 Å². The Morgan fingerprint density at radius 2 is 1.83 bits per heavy atom. The van der Waals surface area contributed by atoms with E-state index in [1.165, 1.54) is 6.92 Å². The largest absolute Gasteiger partial charge is 0.393 e. The number of aliphatic hydroxyl groups is 1. The maximum Gasteiger partial charge on any atom is 0.222 e. The fraction of sp³-hybridized carbons (Fsp3) is 0.529. The van der Waals surface area contributed by atoms with Gasteiger partial charge in [-0.1, -0.05) is 23.7 Å². The Morgan fingerprint density at radius 3 is 2.39 bits per heavy atom. The number of carbonyl (C=O) groups is 2. The summed E-state index contributed by atoms with van der Waals surface area (Å²) in [5.41, 5.74) is 0.846. The molecule has 1 saturated carbocycles. The third kappa shape index (κ3) is 5.84. The Balaban J connectivity index is 1.95. The van der Waals surface area contributed by atoms with Crippen LogP contribution in [-0.2, 0) is 9.59 Å². The van der Waals surface area contributed by atoms with Crippen molar-refractivity contribution < 1.29 is 14.7 Å². The van der Waals surface area contributed by atoms with Gasteiger partial charge in [0.2, 0.25) is 11.8 Å². The second-order valence-corrected chi connectivity index (χ2v) is 6.52. The highest BCUT2D eigenvalue weighted by Crippen LogP contribution is 2.21. The van der Waals surface area contributed by atoms with E-state index in [4.69, 9.17) is 11.6 Å². The lowest BCUT2D eigenvalue weighted by atomic mass is 9.93. The van der Waals surface area contributed by atoms with Gasteiger partial charge in [-0.2, -0.15) is 0 Å². The van der Waals surface area contributed by atoms with Gasteiger partial charge in [0.1, 0.15) is 0 Å². The maximum atomic E-state index is 12.3. The van der Waals surface area contributed by atoms with Crippen LogP contribution in [-0.4, -0.2) is 29.1 Å². The number of carbonyl (C=O) groups excluding carboxylic acids is 2. The third-order valence-electron chi connectivity index (χ3n) is 4.10. The van der Waals surface area contributed by atoms with Crippen LogP contribution in [0, 0.1) is 0 Å². The monoisotopic (exact) mass is 338 g/mol. The summed E-state index contributed by atoms with van der Waals surface area (Å²) < 4.78 is 0. The summed E-state index contributed by atoms with van der Waals surface area (Å²) in [5.74, 6) is -0.279. The van der Waals surface area contributed by atoms with Crippen LogP contribution < -0.4 is 10.6 Å². The highest BCUT2D eigenvalue weighted by atomic mass is 35.5. The number of rotatable bonds is 5. The molecule has 0 aromatic heterocycles. The molecule has 6 heteroatoms. The summed E-state index contributed by atoms with van der Waals surface area (Å²) in [7, 11) is 0. The van der Waals surface area contributed by atoms with Gasteiger partial charge in [-0.05, 0) is 43.4 Å². The topological polar surface area (TPSA) is 78.4 Å². The molecule has 0 radical (unpaired) electrons. The Hall–Kier alpha value is -1.59. The standard InChI is InChI=1S/C17H23ClN2O3/c1-11(21)19-16(12-2-4-13(18)5-3-12)10-17(23)20-14-6-8-15(22)9-7-14/h2-5,14-16,22H,6-10H2,1H3,(H,19,21)(H,20,23). The van der Waals surface area contributed by atoms with Crippen LogP contribution in [0.4, 0.5) is 0 Å². The number of nitrogens with one attached hydrogen (secondary N) is 2. The summed E-state index contributed by atoms with van der Waals surface area (Å²) in [6.45, 7) is 1.43. The molecule has 1 atom stereocenters. The molecular weight excluding hydrogens is 316 g/mol. The van der Waals surface area contributed by atoms with Crippen LogP contribution in [0.5, 0.6) is 0 Å². The molecule has 0 aliphatic heterocycles. The second kappa shape index (κ2) is 8.31. The van der Waals surface area contributed by atoms with E-state index in [0.29, 0.717) is 5.02 Å². The van der Waals surface area contributed by atoms with Gasteiger partial charge in [-0.3, -0.25) is 9.59 Å². The molecule has 1 aromatic rings. The quantitative estimate of drug-likeness (QED) is 0.771. The van der Waals surface area contributed by atoms with Gasteiger partial charge in [0.25, 0.3) is 0 Å². The average Bonchev–Trinajstić information content (AvgIpc) is 2.49. The molecule has 126 valence electrons. The lowest BCUT2D eigenvalue weighted by Crippen LogP contribution is -2.40. The van der Waals surface area contributed by atoms with E-state index in [9.17, 15) is 14.7 Å². The fourth-order valence-electron chi connectivity index (χ4n) is 2.88. The predicted molar refractivity (Wildman–Crippen MR) is 89.0 cm³/mol. The first-order valence-corrected chi connectivity index (χ1v) is 8.32. The normalized spacial score (nSPS) is 22.2.